The van der Waals surface area contributed by atoms with Crippen molar-refractivity contribution in [3.8, 4) is 0 Å². The van der Waals surface area contributed by atoms with Crippen LogP contribution < -0.4 is 4.83 Å². The van der Waals surface area contributed by atoms with Crippen molar-refractivity contribution >= 4 is 15.7 Å². The number of allylic oxidation sites excluding steroid dienone is 4. The second kappa shape index (κ2) is 6.08. The second-order valence-corrected chi connectivity index (χ2v) is 7.44. The molecule has 0 aliphatic heterocycles. The van der Waals surface area contributed by atoms with Gasteiger partial charge in [0.2, 0.25) is 0 Å². The minimum absolute atomic E-state index is 0.242. The maximum atomic E-state index is 12.3. The van der Waals surface area contributed by atoms with Gasteiger partial charge < -0.3 is 0 Å². The Morgan fingerprint density at radius 1 is 1.09 bits per heavy atom. The summed E-state index contributed by atoms with van der Waals surface area (Å²) in [5.74, 6) is 0. The van der Waals surface area contributed by atoms with Gasteiger partial charge in [-0.1, -0.05) is 29.8 Å². The maximum absolute atomic E-state index is 12.3. The lowest BCUT2D eigenvalue weighted by Gasteiger charge is -2.22. The van der Waals surface area contributed by atoms with E-state index in [4.69, 9.17) is 0 Å². The van der Waals surface area contributed by atoms with E-state index in [0.717, 1.165) is 30.5 Å². The molecule has 116 valence electrons. The SMILES string of the molecule is Cc1ccc(S(=O)(=O)NN=C2CC=CC3=C2CCCC3)cc1. The van der Waals surface area contributed by atoms with Crippen LogP contribution in [-0.4, -0.2) is 14.1 Å². The van der Waals surface area contributed by atoms with E-state index >= 15 is 0 Å². The molecule has 0 saturated heterocycles. The molecule has 5 heteroatoms. The molecule has 0 spiro atoms. The largest absolute Gasteiger partial charge is 0.276 e. The van der Waals surface area contributed by atoms with Crippen molar-refractivity contribution < 1.29 is 8.42 Å². The normalized spacial score (nSPS) is 20.1. The number of hydrogen-bond donors (Lipinski definition) is 1. The summed E-state index contributed by atoms with van der Waals surface area (Å²) in [5, 5.41) is 4.21. The highest BCUT2D eigenvalue weighted by molar-refractivity contribution is 7.89. The molecule has 1 N–H and O–H groups in total. The summed E-state index contributed by atoms with van der Waals surface area (Å²) < 4.78 is 24.6. The molecule has 0 radical (unpaired) electrons. The summed E-state index contributed by atoms with van der Waals surface area (Å²) in [6.07, 6.45) is 9.31. The van der Waals surface area contributed by atoms with Crippen LogP contribution in [0.1, 0.15) is 37.7 Å². The Hall–Kier alpha value is -1.88. The van der Waals surface area contributed by atoms with Crippen molar-refractivity contribution in [2.75, 3.05) is 0 Å². The van der Waals surface area contributed by atoms with Gasteiger partial charge in [-0.15, -0.1) is 0 Å². The first-order valence-corrected chi connectivity index (χ1v) is 9.08. The van der Waals surface area contributed by atoms with Crippen LogP contribution in [0.2, 0.25) is 0 Å². The van der Waals surface area contributed by atoms with Gasteiger partial charge in [0.05, 0.1) is 10.6 Å². The molecule has 0 saturated carbocycles. The fourth-order valence-corrected chi connectivity index (χ4v) is 3.71. The molecule has 0 atom stereocenters. The highest BCUT2D eigenvalue weighted by Gasteiger charge is 2.19. The Balaban J connectivity index is 1.82. The third-order valence-corrected chi connectivity index (χ3v) is 5.35. The molecule has 0 fully saturated rings. The van der Waals surface area contributed by atoms with Crippen LogP contribution in [0.3, 0.4) is 0 Å². The standard InChI is InChI=1S/C17H20N2O2S/c1-13-9-11-15(12-10-13)22(20,21)19-18-17-8-4-6-14-5-2-3-7-16(14)17/h4,6,9-12,19H,2-3,5,7-8H2,1H3. The lowest BCUT2D eigenvalue weighted by Crippen LogP contribution is -2.22. The van der Waals surface area contributed by atoms with E-state index in [9.17, 15) is 8.42 Å². The van der Waals surface area contributed by atoms with Crippen molar-refractivity contribution in [1.82, 2.24) is 4.83 Å². The summed E-state index contributed by atoms with van der Waals surface area (Å²) in [4.78, 5) is 2.63. The van der Waals surface area contributed by atoms with Crippen molar-refractivity contribution in [3.63, 3.8) is 0 Å². The zero-order chi connectivity index (χ0) is 15.6. The first kappa shape index (κ1) is 15.0. The van der Waals surface area contributed by atoms with Gasteiger partial charge in [-0.05, 0) is 55.9 Å². The fourth-order valence-electron chi connectivity index (χ4n) is 2.88. The minimum Gasteiger partial charge on any atom is -0.200 e. The van der Waals surface area contributed by atoms with E-state index in [1.54, 1.807) is 24.3 Å². The van der Waals surface area contributed by atoms with E-state index in [-0.39, 0.29) is 4.90 Å². The number of hydrogen-bond acceptors (Lipinski definition) is 3. The van der Waals surface area contributed by atoms with Crippen molar-refractivity contribution in [3.05, 3.63) is 53.1 Å². The summed E-state index contributed by atoms with van der Waals surface area (Å²) >= 11 is 0. The Kier molecular flexibility index (Phi) is 4.16. The average Bonchev–Trinajstić information content (AvgIpc) is 2.53. The Morgan fingerprint density at radius 3 is 2.59 bits per heavy atom. The van der Waals surface area contributed by atoms with Crippen molar-refractivity contribution in [2.24, 2.45) is 5.10 Å². The third-order valence-electron chi connectivity index (χ3n) is 4.12. The Bertz CT molecular complexity index is 756. The van der Waals surface area contributed by atoms with E-state index < -0.39 is 10.0 Å². The predicted octanol–water partition coefficient (Wildman–Crippen LogP) is 3.46. The van der Waals surface area contributed by atoms with Crippen LogP contribution in [0.5, 0.6) is 0 Å². The summed E-state index contributed by atoms with van der Waals surface area (Å²) in [6.45, 7) is 1.93. The molecule has 0 amide bonds. The van der Waals surface area contributed by atoms with Gasteiger partial charge in [-0.3, -0.25) is 0 Å². The van der Waals surface area contributed by atoms with Crippen LogP contribution in [0.4, 0.5) is 0 Å². The van der Waals surface area contributed by atoms with E-state index in [1.165, 1.54) is 17.6 Å². The number of rotatable bonds is 3. The molecule has 0 aromatic heterocycles. The molecule has 0 unspecified atom stereocenters. The lowest BCUT2D eigenvalue weighted by molar-refractivity contribution is 0.584. The van der Waals surface area contributed by atoms with Crippen molar-refractivity contribution in [2.45, 2.75) is 43.9 Å². The van der Waals surface area contributed by atoms with Gasteiger partial charge in [0.15, 0.2) is 0 Å². The Labute approximate surface area is 131 Å². The number of nitrogens with one attached hydrogen (secondary N) is 1. The number of benzene rings is 1. The number of hydrazone groups is 1. The molecule has 0 bridgehead atoms. The highest BCUT2D eigenvalue weighted by Crippen LogP contribution is 2.30. The van der Waals surface area contributed by atoms with Gasteiger partial charge in [0, 0.05) is 6.42 Å². The number of sulfonamides is 1. The van der Waals surface area contributed by atoms with E-state index in [0.29, 0.717) is 6.42 Å². The van der Waals surface area contributed by atoms with Gasteiger partial charge >= 0.3 is 0 Å². The number of nitrogens with zero attached hydrogens (tertiary/aromatic N) is 1. The minimum atomic E-state index is -3.60. The summed E-state index contributed by atoms with van der Waals surface area (Å²) in [7, 11) is -3.60. The first-order chi connectivity index (χ1) is 10.6. The fraction of sp³-hybridized carbons (Fsp3) is 0.353. The monoisotopic (exact) mass is 316 g/mol. The Morgan fingerprint density at radius 2 is 1.82 bits per heavy atom. The van der Waals surface area contributed by atoms with Crippen LogP contribution in [0.25, 0.3) is 0 Å². The molecule has 1 aromatic rings. The number of aryl methyl sites for hydroxylation is 1. The quantitative estimate of drug-likeness (QED) is 0.868. The van der Waals surface area contributed by atoms with Gasteiger partial charge in [0.25, 0.3) is 10.0 Å². The summed E-state index contributed by atoms with van der Waals surface area (Å²) in [6, 6.07) is 6.77. The molecular weight excluding hydrogens is 296 g/mol. The van der Waals surface area contributed by atoms with Gasteiger partial charge in [-0.2, -0.15) is 18.4 Å². The van der Waals surface area contributed by atoms with Gasteiger partial charge in [0.1, 0.15) is 0 Å². The molecule has 4 nitrogen and oxygen atoms in total. The van der Waals surface area contributed by atoms with Gasteiger partial charge in [-0.25, -0.2) is 0 Å². The zero-order valence-electron chi connectivity index (χ0n) is 12.7. The van der Waals surface area contributed by atoms with Crippen LogP contribution in [-0.2, 0) is 10.0 Å². The molecular formula is C17H20N2O2S. The molecule has 2 aliphatic carbocycles. The lowest BCUT2D eigenvalue weighted by atomic mass is 9.85. The second-order valence-electron chi connectivity index (χ2n) is 5.78. The molecule has 3 rings (SSSR count). The predicted molar refractivity (Wildman–Crippen MR) is 88.2 cm³/mol. The first-order valence-electron chi connectivity index (χ1n) is 7.60. The molecule has 22 heavy (non-hydrogen) atoms. The zero-order valence-corrected chi connectivity index (χ0v) is 13.5. The van der Waals surface area contributed by atoms with Crippen LogP contribution in [0, 0.1) is 6.92 Å². The highest BCUT2D eigenvalue weighted by atomic mass is 32.2. The van der Waals surface area contributed by atoms with E-state index in [2.05, 4.69) is 22.1 Å². The molecule has 2 aliphatic rings. The average molecular weight is 316 g/mol. The van der Waals surface area contributed by atoms with Crippen LogP contribution in [0.15, 0.2) is 57.6 Å². The molecule has 1 aromatic carbocycles. The smallest absolute Gasteiger partial charge is 0.200 e. The summed E-state index contributed by atoms with van der Waals surface area (Å²) in [5.41, 5.74) is 4.42. The maximum Gasteiger partial charge on any atom is 0.276 e. The topological polar surface area (TPSA) is 58.5 Å². The van der Waals surface area contributed by atoms with E-state index in [1.807, 2.05) is 6.92 Å². The molecule has 0 heterocycles. The third kappa shape index (κ3) is 3.14. The van der Waals surface area contributed by atoms with Crippen molar-refractivity contribution in [1.29, 1.82) is 0 Å². The van der Waals surface area contributed by atoms with Crippen LogP contribution >= 0.6 is 0 Å².